The van der Waals surface area contributed by atoms with Crippen molar-refractivity contribution in [1.29, 1.82) is 0 Å². The number of ether oxygens (including phenoxy) is 2. The zero-order valence-electron chi connectivity index (χ0n) is 16.3. The molecule has 162 valence electrons. The standard InChI is InChI=1S/C22H18Cl3FN2O3/c1-2-9-30-19-10-13(23)5-6-17(19)31-18-11-14(16(26)12-15(18)24)20-21(25)27-7-3-4-8-28(27)22(20)29/h2,5-6,10-12H,1,3-4,7-9H2. The first-order valence-electron chi connectivity index (χ1n) is 9.60. The molecule has 0 aliphatic carbocycles. The van der Waals surface area contributed by atoms with Crippen molar-refractivity contribution >= 4 is 34.8 Å². The Morgan fingerprint density at radius 2 is 1.77 bits per heavy atom. The first-order chi connectivity index (χ1) is 14.9. The van der Waals surface area contributed by atoms with Crippen LogP contribution in [0.1, 0.15) is 12.8 Å². The Balaban J connectivity index is 1.79. The lowest BCUT2D eigenvalue weighted by atomic mass is 10.1. The lowest BCUT2D eigenvalue weighted by Crippen LogP contribution is -2.27. The topological polar surface area (TPSA) is 45.4 Å². The van der Waals surface area contributed by atoms with E-state index in [0.29, 0.717) is 29.6 Å². The van der Waals surface area contributed by atoms with Gasteiger partial charge in [0.15, 0.2) is 11.5 Å². The quantitative estimate of drug-likeness (QED) is 0.373. The Labute approximate surface area is 193 Å². The van der Waals surface area contributed by atoms with E-state index in [-0.39, 0.29) is 39.2 Å². The van der Waals surface area contributed by atoms with Crippen molar-refractivity contribution in [3.63, 3.8) is 0 Å². The second kappa shape index (κ2) is 8.99. The first kappa shape index (κ1) is 21.8. The molecule has 3 aromatic rings. The van der Waals surface area contributed by atoms with Crippen LogP contribution in [-0.4, -0.2) is 16.0 Å². The minimum atomic E-state index is -0.667. The van der Waals surface area contributed by atoms with Crippen molar-refractivity contribution in [3.8, 4) is 28.4 Å². The minimum Gasteiger partial charge on any atom is -0.486 e. The molecule has 0 amide bonds. The van der Waals surface area contributed by atoms with E-state index in [1.807, 2.05) is 0 Å². The van der Waals surface area contributed by atoms with E-state index in [9.17, 15) is 9.18 Å². The fraction of sp³-hybridized carbons (Fsp3) is 0.227. The number of benzene rings is 2. The van der Waals surface area contributed by atoms with Crippen molar-refractivity contribution in [2.75, 3.05) is 6.61 Å². The SMILES string of the molecule is C=CCOc1cc(Cl)ccc1Oc1cc(-c2c(Cl)n3n(c2=O)CCCC3)c(F)cc1Cl. The van der Waals surface area contributed by atoms with Crippen LogP contribution < -0.4 is 15.0 Å². The molecule has 0 saturated heterocycles. The fourth-order valence-electron chi connectivity index (χ4n) is 3.50. The normalized spacial score (nSPS) is 13.0. The molecule has 0 bridgehead atoms. The molecular weight excluding hydrogens is 466 g/mol. The number of nitrogens with zero attached hydrogens (tertiary/aromatic N) is 2. The third-order valence-corrected chi connectivity index (χ3v) is 5.85. The molecule has 5 nitrogen and oxygen atoms in total. The highest BCUT2D eigenvalue weighted by atomic mass is 35.5. The molecule has 0 fully saturated rings. The highest BCUT2D eigenvalue weighted by Crippen LogP contribution is 2.40. The van der Waals surface area contributed by atoms with Crippen LogP contribution in [0.25, 0.3) is 11.1 Å². The van der Waals surface area contributed by atoms with E-state index < -0.39 is 5.82 Å². The maximum absolute atomic E-state index is 14.9. The van der Waals surface area contributed by atoms with E-state index in [1.165, 1.54) is 10.7 Å². The predicted molar refractivity (Wildman–Crippen MR) is 121 cm³/mol. The van der Waals surface area contributed by atoms with Crippen molar-refractivity contribution in [2.45, 2.75) is 25.9 Å². The summed E-state index contributed by atoms with van der Waals surface area (Å²) in [5.41, 5.74) is -0.244. The Kier molecular flexibility index (Phi) is 6.32. The summed E-state index contributed by atoms with van der Waals surface area (Å²) >= 11 is 18.8. The van der Waals surface area contributed by atoms with Crippen molar-refractivity contribution in [3.05, 3.63) is 74.4 Å². The molecule has 9 heteroatoms. The molecule has 0 atom stereocenters. The van der Waals surface area contributed by atoms with Crippen LogP contribution in [0, 0.1) is 5.82 Å². The number of fused-ring (bicyclic) bond motifs is 1. The lowest BCUT2D eigenvalue weighted by molar-refractivity contribution is 0.340. The van der Waals surface area contributed by atoms with E-state index in [4.69, 9.17) is 44.3 Å². The molecule has 0 saturated carbocycles. The van der Waals surface area contributed by atoms with Gasteiger partial charge >= 0.3 is 0 Å². The average molecular weight is 484 g/mol. The maximum Gasteiger partial charge on any atom is 0.276 e. The number of hydrogen-bond acceptors (Lipinski definition) is 3. The monoisotopic (exact) mass is 482 g/mol. The molecule has 2 aromatic carbocycles. The molecule has 0 unspecified atom stereocenters. The van der Waals surface area contributed by atoms with Gasteiger partial charge in [-0.1, -0.05) is 47.5 Å². The largest absolute Gasteiger partial charge is 0.486 e. The van der Waals surface area contributed by atoms with E-state index in [0.717, 1.165) is 18.9 Å². The van der Waals surface area contributed by atoms with Crippen LogP contribution in [-0.2, 0) is 13.1 Å². The van der Waals surface area contributed by atoms with Crippen LogP contribution in [0.5, 0.6) is 17.2 Å². The summed E-state index contributed by atoms with van der Waals surface area (Å²) in [6.45, 7) is 4.99. The zero-order chi connectivity index (χ0) is 22.1. The van der Waals surface area contributed by atoms with E-state index >= 15 is 0 Å². The second-order valence-corrected chi connectivity index (χ2v) is 8.18. The molecule has 0 radical (unpaired) electrons. The molecule has 1 aromatic heterocycles. The van der Waals surface area contributed by atoms with Gasteiger partial charge < -0.3 is 9.47 Å². The van der Waals surface area contributed by atoms with Crippen molar-refractivity contribution in [2.24, 2.45) is 0 Å². The average Bonchev–Trinajstić information content (AvgIpc) is 3.00. The zero-order valence-corrected chi connectivity index (χ0v) is 18.6. The van der Waals surface area contributed by atoms with E-state index in [2.05, 4.69) is 6.58 Å². The van der Waals surface area contributed by atoms with Gasteiger partial charge in [0.25, 0.3) is 5.56 Å². The molecule has 0 spiro atoms. The van der Waals surface area contributed by atoms with Crippen molar-refractivity contribution in [1.82, 2.24) is 9.36 Å². The second-order valence-electron chi connectivity index (χ2n) is 6.98. The van der Waals surface area contributed by atoms with Gasteiger partial charge in [-0.05, 0) is 37.1 Å². The predicted octanol–water partition coefficient (Wildman–Crippen LogP) is 6.57. The van der Waals surface area contributed by atoms with Crippen LogP contribution in [0.3, 0.4) is 0 Å². The Morgan fingerprint density at radius 1 is 1.03 bits per heavy atom. The minimum absolute atomic E-state index is 0.0197. The van der Waals surface area contributed by atoms with Crippen LogP contribution >= 0.6 is 34.8 Å². The fourth-order valence-corrected chi connectivity index (χ4v) is 4.21. The smallest absolute Gasteiger partial charge is 0.276 e. The van der Waals surface area contributed by atoms with Gasteiger partial charge in [0.1, 0.15) is 23.3 Å². The van der Waals surface area contributed by atoms with Crippen LogP contribution in [0.4, 0.5) is 4.39 Å². The summed E-state index contributed by atoms with van der Waals surface area (Å²) in [5.74, 6) is 0.170. The van der Waals surface area contributed by atoms with E-state index in [1.54, 1.807) is 29.0 Å². The van der Waals surface area contributed by atoms with Gasteiger partial charge in [0.05, 0.1) is 10.6 Å². The van der Waals surface area contributed by atoms with Crippen LogP contribution in [0.2, 0.25) is 15.2 Å². The van der Waals surface area contributed by atoms with Crippen molar-refractivity contribution < 1.29 is 13.9 Å². The molecule has 1 aliphatic rings. The highest BCUT2D eigenvalue weighted by Gasteiger charge is 2.25. The summed E-state index contributed by atoms with van der Waals surface area (Å²) < 4.78 is 29.6. The summed E-state index contributed by atoms with van der Waals surface area (Å²) in [6.07, 6.45) is 3.34. The number of halogens is 4. The maximum atomic E-state index is 14.9. The summed E-state index contributed by atoms with van der Waals surface area (Å²) in [6, 6.07) is 7.30. The van der Waals surface area contributed by atoms with Gasteiger partial charge in [0, 0.05) is 29.7 Å². The Bertz CT molecular complexity index is 1220. The summed E-state index contributed by atoms with van der Waals surface area (Å²) in [4.78, 5) is 12.9. The Hall–Kier alpha value is -2.41. The number of aromatic nitrogens is 2. The van der Waals surface area contributed by atoms with Gasteiger partial charge in [-0.2, -0.15) is 0 Å². The molecule has 4 rings (SSSR count). The Morgan fingerprint density at radius 3 is 2.48 bits per heavy atom. The summed E-state index contributed by atoms with van der Waals surface area (Å²) in [7, 11) is 0. The molecule has 31 heavy (non-hydrogen) atoms. The number of rotatable bonds is 6. The van der Waals surface area contributed by atoms with Gasteiger partial charge in [-0.3, -0.25) is 9.48 Å². The molecule has 1 aliphatic heterocycles. The summed E-state index contributed by atoms with van der Waals surface area (Å²) in [5, 5.41) is 0.681. The lowest BCUT2D eigenvalue weighted by Gasteiger charge is -2.17. The molecule has 0 N–H and O–H groups in total. The third kappa shape index (κ3) is 4.20. The van der Waals surface area contributed by atoms with Gasteiger partial charge in [0.2, 0.25) is 0 Å². The third-order valence-electron chi connectivity index (χ3n) is 4.94. The molecule has 2 heterocycles. The molecular formula is C22H18Cl3FN2O3. The first-order valence-corrected chi connectivity index (χ1v) is 10.7. The van der Waals surface area contributed by atoms with Gasteiger partial charge in [-0.25, -0.2) is 9.07 Å². The van der Waals surface area contributed by atoms with Gasteiger partial charge in [-0.15, -0.1) is 0 Å². The van der Waals surface area contributed by atoms with Crippen LogP contribution in [0.15, 0.2) is 47.8 Å². The number of hydrogen-bond donors (Lipinski definition) is 0. The highest BCUT2D eigenvalue weighted by molar-refractivity contribution is 6.33.